The molecule has 0 aliphatic carbocycles. The average Bonchev–Trinajstić information content (AvgIpc) is 3.06. The number of ether oxygens (including phenoxy) is 1. The third kappa shape index (κ3) is 4.03. The van der Waals surface area contributed by atoms with Crippen LogP contribution >= 0.6 is 0 Å². The van der Waals surface area contributed by atoms with E-state index in [1.54, 1.807) is 12.1 Å². The normalized spacial score (nSPS) is 21.8. The summed E-state index contributed by atoms with van der Waals surface area (Å²) in [4.78, 5) is 19.6. The number of hydrogen-bond acceptors (Lipinski definition) is 5. The zero-order valence-electron chi connectivity index (χ0n) is 15.3. The second kappa shape index (κ2) is 8.17. The highest BCUT2D eigenvalue weighted by molar-refractivity contribution is 5.79. The van der Waals surface area contributed by atoms with Gasteiger partial charge in [-0.25, -0.2) is 4.39 Å². The molecule has 2 saturated heterocycles. The minimum atomic E-state index is -0.310. The second-order valence-corrected chi connectivity index (χ2v) is 7.25. The number of amides is 1. The van der Waals surface area contributed by atoms with Gasteiger partial charge in [-0.3, -0.25) is 4.79 Å². The van der Waals surface area contributed by atoms with Crippen LogP contribution in [0.4, 0.5) is 4.39 Å². The first-order valence-electron chi connectivity index (χ1n) is 9.70. The van der Waals surface area contributed by atoms with Gasteiger partial charge in [-0.05, 0) is 49.9 Å². The monoisotopic (exact) mass is 373 g/mol. The highest BCUT2D eigenvalue weighted by Crippen LogP contribution is 2.32. The molecule has 7 heteroatoms. The van der Waals surface area contributed by atoms with Crippen LogP contribution in [0.25, 0.3) is 11.5 Å². The number of likely N-dealkylation sites (tertiary alicyclic amines) is 1. The number of rotatable bonds is 3. The first-order chi connectivity index (χ1) is 13.2. The van der Waals surface area contributed by atoms with Crippen molar-refractivity contribution < 1.29 is 18.4 Å². The van der Waals surface area contributed by atoms with Crippen molar-refractivity contribution in [2.24, 2.45) is 5.92 Å². The molecule has 3 heterocycles. The fraction of sp³-hybridized carbons (Fsp3) is 0.550. The van der Waals surface area contributed by atoms with Gasteiger partial charge in [0, 0.05) is 31.2 Å². The van der Waals surface area contributed by atoms with E-state index >= 15 is 0 Å². The lowest BCUT2D eigenvalue weighted by atomic mass is 9.97. The van der Waals surface area contributed by atoms with E-state index in [4.69, 9.17) is 9.26 Å². The smallest absolute Gasteiger partial charge is 0.258 e. The van der Waals surface area contributed by atoms with Crippen LogP contribution in [0.5, 0.6) is 0 Å². The van der Waals surface area contributed by atoms with Crippen molar-refractivity contribution >= 4 is 5.91 Å². The van der Waals surface area contributed by atoms with Gasteiger partial charge >= 0.3 is 0 Å². The van der Waals surface area contributed by atoms with Crippen LogP contribution < -0.4 is 0 Å². The maximum atomic E-state index is 13.1. The van der Waals surface area contributed by atoms with Crippen LogP contribution in [0.2, 0.25) is 0 Å². The first-order valence-corrected chi connectivity index (χ1v) is 9.70. The summed E-state index contributed by atoms with van der Waals surface area (Å²) in [5.74, 6) is 0.779. The Morgan fingerprint density at radius 2 is 1.85 bits per heavy atom. The number of halogens is 1. The SMILES string of the molecule is O=C(C1CCOCC1)N1CCCCCC1c1noc(-c2ccc(F)cc2)n1. The van der Waals surface area contributed by atoms with Crippen LogP contribution in [-0.4, -0.2) is 40.7 Å². The largest absolute Gasteiger partial charge is 0.381 e. The number of aromatic nitrogens is 2. The molecule has 1 amide bonds. The lowest BCUT2D eigenvalue weighted by Crippen LogP contribution is -2.41. The Balaban J connectivity index is 1.57. The zero-order valence-corrected chi connectivity index (χ0v) is 15.3. The second-order valence-electron chi connectivity index (χ2n) is 7.25. The molecule has 0 saturated carbocycles. The van der Waals surface area contributed by atoms with E-state index in [9.17, 15) is 9.18 Å². The molecule has 0 bridgehead atoms. The molecule has 6 nitrogen and oxygen atoms in total. The molecule has 2 fully saturated rings. The average molecular weight is 373 g/mol. The molecule has 0 radical (unpaired) electrons. The number of hydrogen-bond donors (Lipinski definition) is 0. The maximum Gasteiger partial charge on any atom is 0.258 e. The topological polar surface area (TPSA) is 68.5 Å². The number of nitrogens with zero attached hydrogens (tertiary/aromatic N) is 3. The minimum Gasteiger partial charge on any atom is -0.381 e. The summed E-state index contributed by atoms with van der Waals surface area (Å²) < 4.78 is 24.0. The van der Waals surface area contributed by atoms with Crippen molar-refractivity contribution in [1.82, 2.24) is 15.0 Å². The number of carbonyl (C=O) groups is 1. The van der Waals surface area contributed by atoms with E-state index in [1.165, 1.54) is 12.1 Å². The molecular formula is C20H24FN3O3. The summed E-state index contributed by atoms with van der Waals surface area (Å²) in [7, 11) is 0. The van der Waals surface area contributed by atoms with Crippen LogP contribution in [0.1, 0.15) is 50.4 Å². The summed E-state index contributed by atoms with van der Waals surface area (Å²) in [6.07, 6.45) is 5.50. The molecule has 144 valence electrons. The Bertz CT molecular complexity index is 771. The summed E-state index contributed by atoms with van der Waals surface area (Å²) >= 11 is 0. The molecule has 1 aromatic carbocycles. The van der Waals surface area contributed by atoms with Crippen molar-refractivity contribution in [2.75, 3.05) is 19.8 Å². The lowest BCUT2D eigenvalue weighted by Gasteiger charge is -2.32. The van der Waals surface area contributed by atoms with Crippen molar-refractivity contribution in [3.8, 4) is 11.5 Å². The fourth-order valence-electron chi connectivity index (χ4n) is 3.90. The number of benzene rings is 1. The van der Waals surface area contributed by atoms with Crippen molar-refractivity contribution in [2.45, 2.75) is 44.6 Å². The Morgan fingerprint density at radius 1 is 1.07 bits per heavy atom. The first kappa shape index (κ1) is 18.1. The van der Waals surface area contributed by atoms with Crippen LogP contribution in [0.3, 0.4) is 0 Å². The van der Waals surface area contributed by atoms with Gasteiger partial charge in [0.05, 0.1) is 6.04 Å². The van der Waals surface area contributed by atoms with Crippen LogP contribution in [0, 0.1) is 11.7 Å². The molecule has 27 heavy (non-hydrogen) atoms. The fourth-order valence-corrected chi connectivity index (χ4v) is 3.90. The summed E-state index contributed by atoms with van der Waals surface area (Å²) in [6.45, 7) is 2.01. The van der Waals surface area contributed by atoms with Gasteiger partial charge in [0.15, 0.2) is 5.82 Å². The van der Waals surface area contributed by atoms with Crippen LogP contribution in [0.15, 0.2) is 28.8 Å². The molecular weight excluding hydrogens is 349 g/mol. The molecule has 1 atom stereocenters. The third-order valence-electron chi connectivity index (χ3n) is 5.44. The van der Waals surface area contributed by atoms with Crippen LogP contribution in [-0.2, 0) is 9.53 Å². The standard InChI is InChI=1S/C20H24FN3O3/c21-16-7-5-14(6-8-16)19-22-18(23-27-19)17-4-2-1-3-11-24(17)20(25)15-9-12-26-13-10-15/h5-8,15,17H,1-4,9-13H2. The highest BCUT2D eigenvalue weighted by atomic mass is 19.1. The van der Waals surface area contributed by atoms with E-state index in [1.807, 2.05) is 4.90 Å². The number of carbonyl (C=O) groups excluding carboxylic acids is 1. The van der Waals surface area contributed by atoms with E-state index in [0.717, 1.165) is 45.1 Å². The molecule has 2 aliphatic heterocycles. The predicted octanol–water partition coefficient (Wildman–Crippen LogP) is 3.75. The molecule has 0 spiro atoms. The van der Waals surface area contributed by atoms with E-state index in [-0.39, 0.29) is 23.7 Å². The lowest BCUT2D eigenvalue weighted by molar-refractivity contribution is -0.141. The van der Waals surface area contributed by atoms with Crippen molar-refractivity contribution in [1.29, 1.82) is 0 Å². The van der Waals surface area contributed by atoms with Crippen molar-refractivity contribution in [3.63, 3.8) is 0 Å². The van der Waals surface area contributed by atoms with Gasteiger partial charge in [-0.15, -0.1) is 0 Å². The Hall–Kier alpha value is -2.28. The third-order valence-corrected chi connectivity index (χ3v) is 5.44. The molecule has 4 rings (SSSR count). The molecule has 2 aliphatic rings. The summed E-state index contributed by atoms with van der Waals surface area (Å²) in [6, 6.07) is 5.80. The van der Waals surface area contributed by atoms with E-state index < -0.39 is 0 Å². The van der Waals surface area contributed by atoms with Gasteiger partial charge in [0.25, 0.3) is 5.89 Å². The minimum absolute atomic E-state index is 0.0165. The molecule has 2 aromatic rings. The quantitative estimate of drug-likeness (QED) is 0.820. The predicted molar refractivity (Wildman–Crippen MR) is 96.2 cm³/mol. The zero-order chi connectivity index (χ0) is 18.6. The Morgan fingerprint density at radius 3 is 2.63 bits per heavy atom. The van der Waals surface area contributed by atoms with Crippen molar-refractivity contribution in [3.05, 3.63) is 35.9 Å². The molecule has 1 unspecified atom stereocenters. The summed E-state index contributed by atoms with van der Waals surface area (Å²) in [5, 5.41) is 4.16. The maximum absolute atomic E-state index is 13.1. The molecule has 1 aromatic heterocycles. The van der Waals surface area contributed by atoms with Gasteiger partial charge in [-0.1, -0.05) is 18.0 Å². The Labute approximate surface area is 157 Å². The van der Waals surface area contributed by atoms with Gasteiger partial charge < -0.3 is 14.2 Å². The van der Waals surface area contributed by atoms with E-state index in [0.29, 0.717) is 30.5 Å². The van der Waals surface area contributed by atoms with Gasteiger partial charge in [-0.2, -0.15) is 4.98 Å². The Kier molecular flexibility index (Phi) is 5.48. The van der Waals surface area contributed by atoms with Gasteiger partial charge in [0.2, 0.25) is 5.91 Å². The molecule has 0 N–H and O–H groups in total. The highest BCUT2D eigenvalue weighted by Gasteiger charge is 2.34. The summed E-state index contributed by atoms with van der Waals surface area (Å²) in [5.41, 5.74) is 0.672. The van der Waals surface area contributed by atoms with E-state index in [2.05, 4.69) is 10.1 Å². The van der Waals surface area contributed by atoms with Gasteiger partial charge in [0.1, 0.15) is 5.82 Å².